The number of aldehydes is 1. The molecule has 92 valence electrons. The van der Waals surface area contributed by atoms with E-state index in [1.807, 2.05) is 18.2 Å². The molecule has 0 amide bonds. The van der Waals surface area contributed by atoms with Crippen molar-refractivity contribution < 1.29 is 9.53 Å². The Bertz CT molecular complexity index is 567. The smallest absolute Gasteiger partial charge is 0.168 e. The van der Waals surface area contributed by atoms with Crippen LogP contribution in [0.1, 0.15) is 23.0 Å². The van der Waals surface area contributed by atoms with Gasteiger partial charge in [0.2, 0.25) is 0 Å². The number of hydrogen-bond acceptors (Lipinski definition) is 4. The lowest BCUT2D eigenvalue weighted by Gasteiger charge is -2.09. The number of ether oxygens (including phenoxy) is 1. The molecule has 1 aromatic heterocycles. The van der Waals surface area contributed by atoms with Crippen molar-refractivity contribution in [2.45, 2.75) is 13.3 Å². The van der Waals surface area contributed by atoms with Crippen LogP contribution >= 0.6 is 0 Å². The molecule has 0 radical (unpaired) electrons. The zero-order chi connectivity index (χ0) is 13.0. The van der Waals surface area contributed by atoms with Crippen LogP contribution in [0.15, 0.2) is 30.6 Å². The van der Waals surface area contributed by atoms with E-state index in [2.05, 4.69) is 16.9 Å². The van der Waals surface area contributed by atoms with Gasteiger partial charge in [0.15, 0.2) is 6.29 Å². The summed E-state index contributed by atoms with van der Waals surface area (Å²) in [7, 11) is 1.62. The van der Waals surface area contributed by atoms with Crippen molar-refractivity contribution in [1.82, 2.24) is 9.97 Å². The highest BCUT2D eigenvalue weighted by Gasteiger charge is 2.09. The standard InChI is InChI=1S/C14H14N2O2/c1-3-10-4-5-14(18-2)12(6-10)13-7-11(8-17)15-9-16-13/h4-9H,3H2,1-2H3. The first kappa shape index (κ1) is 12.2. The molecule has 0 atom stereocenters. The first-order chi connectivity index (χ1) is 8.78. The molecule has 0 saturated heterocycles. The summed E-state index contributed by atoms with van der Waals surface area (Å²) in [5.74, 6) is 0.739. The maximum absolute atomic E-state index is 10.7. The average Bonchev–Trinajstić information content (AvgIpc) is 2.46. The largest absolute Gasteiger partial charge is 0.496 e. The van der Waals surface area contributed by atoms with Crippen LogP contribution < -0.4 is 4.74 Å². The molecular formula is C14H14N2O2. The molecule has 4 nitrogen and oxygen atoms in total. The molecule has 0 aliphatic carbocycles. The Hall–Kier alpha value is -2.23. The predicted molar refractivity (Wildman–Crippen MR) is 68.8 cm³/mol. The molecule has 4 heteroatoms. The Morgan fingerprint density at radius 2 is 2.11 bits per heavy atom. The first-order valence-corrected chi connectivity index (χ1v) is 5.73. The maximum Gasteiger partial charge on any atom is 0.168 e. The van der Waals surface area contributed by atoms with Crippen molar-refractivity contribution in [2.24, 2.45) is 0 Å². The number of carbonyl (C=O) groups excluding carboxylic acids is 1. The second-order valence-electron chi connectivity index (χ2n) is 3.83. The summed E-state index contributed by atoms with van der Waals surface area (Å²) in [5.41, 5.74) is 3.13. The zero-order valence-electron chi connectivity index (χ0n) is 10.4. The number of carbonyl (C=O) groups is 1. The van der Waals surface area contributed by atoms with E-state index in [9.17, 15) is 4.79 Å². The molecular weight excluding hydrogens is 228 g/mol. The van der Waals surface area contributed by atoms with Gasteiger partial charge in [-0.3, -0.25) is 4.79 Å². The van der Waals surface area contributed by atoms with Gasteiger partial charge in [-0.1, -0.05) is 13.0 Å². The average molecular weight is 242 g/mol. The van der Waals surface area contributed by atoms with Crippen molar-refractivity contribution in [3.05, 3.63) is 41.9 Å². The molecule has 0 unspecified atom stereocenters. The number of aromatic nitrogens is 2. The third-order valence-electron chi connectivity index (χ3n) is 2.76. The minimum atomic E-state index is 0.365. The van der Waals surface area contributed by atoms with Crippen LogP contribution in [-0.2, 0) is 6.42 Å². The zero-order valence-corrected chi connectivity index (χ0v) is 10.4. The fourth-order valence-corrected chi connectivity index (χ4v) is 1.76. The molecule has 1 heterocycles. The molecule has 0 spiro atoms. The Morgan fingerprint density at radius 1 is 1.28 bits per heavy atom. The van der Waals surface area contributed by atoms with Crippen LogP contribution in [0, 0.1) is 0 Å². The lowest BCUT2D eigenvalue weighted by molar-refractivity contribution is 0.111. The van der Waals surface area contributed by atoms with E-state index >= 15 is 0 Å². The molecule has 18 heavy (non-hydrogen) atoms. The topological polar surface area (TPSA) is 52.1 Å². The fourth-order valence-electron chi connectivity index (χ4n) is 1.76. The van der Waals surface area contributed by atoms with Crippen molar-refractivity contribution in [3.63, 3.8) is 0 Å². The summed E-state index contributed by atoms with van der Waals surface area (Å²) in [6.45, 7) is 2.09. The third-order valence-corrected chi connectivity index (χ3v) is 2.76. The Morgan fingerprint density at radius 3 is 2.78 bits per heavy atom. The second kappa shape index (κ2) is 5.40. The summed E-state index contributed by atoms with van der Waals surface area (Å²) in [4.78, 5) is 18.8. The maximum atomic E-state index is 10.7. The van der Waals surface area contributed by atoms with E-state index in [1.54, 1.807) is 13.2 Å². The minimum absolute atomic E-state index is 0.365. The molecule has 0 N–H and O–H groups in total. The van der Waals surface area contributed by atoms with Crippen molar-refractivity contribution >= 4 is 6.29 Å². The van der Waals surface area contributed by atoms with E-state index in [0.29, 0.717) is 17.7 Å². The van der Waals surface area contributed by atoms with E-state index in [-0.39, 0.29) is 0 Å². The number of hydrogen-bond donors (Lipinski definition) is 0. The highest BCUT2D eigenvalue weighted by molar-refractivity contribution is 5.76. The molecule has 1 aromatic carbocycles. The lowest BCUT2D eigenvalue weighted by atomic mass is 10.0. The summed E-state index contributed by atoms with van der Waals surface area (Å²) >= 11 is 0. The quantitative estimate of drug-likeness (QED) is 0.773. The van der Waals surface area contributed by atoms with Crippen LogP contribution in [0.3, 0.4) is 0 Å². The molecule has 0 aliphatic heterocycles. The summed E-state index contributed by atoms with van der Waals surface area (Å²) < 4.78 is 5.32. The van der Waals surface area contributed by atoms with E-state index in [1.165, 1.54) is 11.9 Å². The highest BCUT2D eigenvalue weighted by atomic mass is 16.5. The van der Waals surface area contributed by atoms with Gasteiger partial charge >= 0.3 is 0 Å². The third kappa shape index (κ3) is 2.37. The van der Waals surface area contributed by atoms with Gasteiger partial charge in [0, 0.05) is 5.56 Å². The monoisotopic (exact) mass is 242 g/mol. The molecule has 0 aliphatic rings. The number of rotatable bonds is 4. The number of nitrogens with zero attached hydrogens (tertiary/aromatic N) is 2. The molecule has 0 saturated carbocycles. The SMILES string of the molecule is CCc1ccc(OC)c(-c2cc(C=O)ncn2)c1. The Kier molecular flexibility index (Phi) is 3.67. The van der Waals surface area contributed by atoms with Gasteiger partial charge in [-0.2, -0.15) is 0 Å². The normalized spacial score (nSPS) is 10.1. The van der Waals surface area contributed by atoms with Crippen LogP contribution in [-0.4, -0.2) is 23.4 Å². The first-order valence-electron chi connectivity index (χ1n) is 5.73. The number of methoxy groups -OCH3 is 1. The van der Waals surface area contributed by atoms with Crippen molar-refractivity contribution in [2.75, 3.05) is 7.11 Å². The van der Waals surface area contributed by atoms with Gasteiger partial charge in [0.1, 0.15) is 17.8 Å². The number of aryl methyl sites for hydroxylation is 1. The van der Waals surface area contributed by atoms with Gasteiger partial charge in [-0.25, -0.2) is 9.97 Å². The van der Waals surface area contributed by atoms with Crippen molar-refractivity contribution in [3.8, 4) is 17.0 Å². The lowest BCUT2D eigenvalue weighted by Crippen LogP contribution is -1.95. The summed E-state index contributed by atoms with van der Waals surface area (Å²) in [6.07, 6.45) is 3.03. The van der Waals surface area contributed by atoms with Gasteiger partial charge in [0.25, 0.3) is 0 Å². The second-order valence-corrected chi connectivity index (χ2v) is 3.83. The van der Waals surface area contributed by atoms with Crippen LogP contribution in [0.2, 0.25) is 0 Å². The Labute approximate surface area is 106 Å². The van der Waals surface area contributed by atoms with E-state index < -0.39 is 0 Å². The predicted octanol–water partition coefficient (Wildman–Crippen LogP) is 2.53. The molecule has 0 bridgehead atoms. The fraction of sp³-hybridized carbons (Fsp3) is 0.214. The summed E-state index contributed by atoms with van der Waals surface area (Å²) in [6, 6.07) is 7.61. The van der Waals surface area contributed by atoms with Crippen LogP contribution in [0.4, 0.5) is 0 Å². The Balaban J connectivity index is 2.56. The highest BCUT2D eigenvalue weighted by Crippen LogP contribution is 2.29. The van der Waals surface area contributed by atoms with E-state index in [4.69, 9.17) is 4.74 Å². The van der Waals surface area contributed by atoms with E-state index in [0.717, 1.165) is 17.7 Å². The molecule has 2 aromatic rings. The van der Waals surface area contributed by atoms with Gasteiger partial charge in [-0.15, -0.1) is 0 Å². The number of benzene rings is 1. The molecule has 0 fully saturated rings. The minimum Gasteiger partial charge on any atom is -0.496 e. The summed E-state index contributed by atoms with van der Waals surface area (Å²) in [5, 5.41) is 0. The van der Waals surface area contributed by atoms with Gasteiger partial charge < -0.3 is 4.74 Å². The van der Waals surface area contributed by atoms with Crippen LogP contribution in [0.25, 0.3) is 11.3 Å². The molecule has 2 rings (SSSR count). The van der Waals surface area contributed by atoms with Crippen molar-refractivity contribution in [1.29, 1.82) is 0 Å². The van der Waals surface area contributed by atoms with Crippen LogP contribution in [0.5, 0.6) is 5.75 Å². The van der Waals surface area contributed by atoms with Gasteiger partial charge in [-0.05, 0) is 30.2 Å². The van der Waals surface area contributed by atoms with Gasteiger partial charge in [0.05, 0.1) is 12.8 Å².